The number of aromatic nitrogens is 2. The second-order valence-electron chi connectivity index (χ2n) is 5.86. The van der Waals surface area contributed by atoms with E-state index in [2.05, 4.69) is 26.4 Å². The molecule has 3 aromatic rings. The summed E-state index contributed by atoms with van der Waals surface area (Å²) in [6.45, 7) is -0.327. The van der Waals surface area contributed by atoms with Crippen LogP contribution in [0.2, 0.25) is 5.02 Å². The van der Waals surface area contributed by atoms with Crippen molar-refractivity contribution in [1.29, 1.82) is 0 Å². The fourth-order valence-corrected chi connectivity index (χ4v) is 3.45. The summed E-state index contributed by atoms with van der Waals surface area (Å²) < 4.78 is 17.6. The van der Waals surface area contributed by atoms with Crippen molar-refractivity contribution in [2.45, 2.75) is 6.42 Å². The normalized spacial score (nSPS) is 11.1. The molecule has 6 nitrogen and oxygen atoms in total. The zero-order valence-corrected chi connectivity index (χ0v) is 16.6. The Kier molecular flexibility index (Phi) is 6.11. The molecule has 2 N–H and O–H groups in total. The molecule has 0 aliphatic heterocycles. The number of carbonyl (C=O) groups excluding carboxylic acids is 1. The molecular weight excluding hydrogens is 441 g/mol. The van der Waals surface area contributed by atoms with Gasteiger partial charge in [-0.15, -0.1) is 0 Å². The number of hydrogen-bond donors (Lipinski definition) is 2. The van der Waals surface area contributed by atoms with Crippen LogP contribution < -0.4 is 5.48 Å². The van der Waals surface area contributed by atoms with Crippen molar-refractivity contribution in [2.24, 2.45) is 7.05 Å². The van der Waals surface area contributed by atoms with E-state index < -0.39 is 11.7 Å². The third-order valence-corrected chi connectivity index (χ3v) is 4.89. The fraction of sp³-hybridized carbons (Fsp3) is 0.222. The highest BCUT2D eigenvalue weighted by molar-refractivity contribution is 9.10. The molecule has 1 amide bonds. The summed E-state index contributed by atoms with van der Waals surface area (Å²) in [7, 11) is 1.71. The van der Waals surface area contributed by atoms with Crippen LogP contribution >= 0.6 is 27.5 Å². The molecule has 3 rings (SSSR count). The topological polar surface area (TPSA) is 76.4 Å². The van der Waals surface area contributed by atoms with Crippen LogP contribution in [-0.4, -0.2) is 33.8 Å². The minimum atomic E-state index is -0.617. The number of aliphatic hydroxyl groups excluding tert-OH is 1. The van der Waals surface area contributed by atoms with E-state index in [1.54, 1.807) is 35.9 Å². The number of hydroxylamine groups is 1. The minimum absolute atomic E-state index is 0.0734. The number of nitrogens with one attached hydrogen (secondary N) is 1. The van der Waals surface area contributed by atoms with Gasteiger partial charge in [-0.3, -0.25) is 9.63 Å². The first kappa shape index (κ1) is 19.8. The predicted molar refractivity (Wildman–Crippen MR) is 103 cm³/mol. The maximum atomic E-state index is 15.2. The number of halogens is 3. The van der Waals surface area contributed by atoms with Gasteiger partial charge >= 0.3 is 0 Å². The maximum absolute atomic E-state index is 15.2. The molecule has 0 saturated carbocycles. The summed E-state index contributed by atoms with van der Waals surface area (Å²) in [6.07, 6.45) is 1.58. The third kappa shape index (κ3) is 4.14. The second-order valence-corrected chi connectivity index (χ2v) is 7.18. The SMILES string of the molecule is Cn1cnc2c(F)c(Cc3ccc(Br)cc3Cl)c(C(=O)NOCCO)cc21. The van der Waals surface area contributed by atoms with Crippen molar-refractivity contribution in [1.82, 2.24) is 15.0 Å². The van der Waals surface area contributed by atoms with Gasteiger partial charge in [-0.1, -0.05) is 33.6 Å². The molecule has 0 aliphatic rings. The molecule has 0 saturated heterocycles. The van der Waals surface area contributed by atoms with E-state index in [-0.39, 0.29) is 36.3 Å². The Morgan fingerprint density at radius 2 is 2.22 bits per heavy atom. The summed E-state index contributed by atoms with van der Waals surface area (Å²) in [5.41, 5.74) is 3.81. The van der Waals surface area contributed by atoms with Crippen molar-refractivity contribution in [3.05, 3.63) is 62.6 Å². The standard InChI is InChI=1S/C18H16BrClFN3O3/c1-24-9-22-17-15(24)8-13(18(26)23-27-5-4-25)12(16(17)21)6-10-2-3-11(19)7-14(10)20/h2-3,7-9,25H,4-6H2,1H3,(H,23,26). The molecule has 0 aliphatic carbocycles. The Labute approximate surface area is 168 Å². The van der Waals surface area contributed by atoms with Gasteiger partial charge in [0.05, 0.1) is 30.6 Å². The zero-order valence-electron chi connectivity index (χ0n) is 14.3. The number of rotatable bonds is 6. The lowest BCUT2D eigenvalue weighted by atomic mass is 9.97. The van der Waals surface area contributed by atoms with E-state index in [1.165, 1.54) is 6.33 Å². The molecule has 1 aromatic heterocycles. The Balaban J connectivity index is 2.09. The Morgan fingerprint density at radius 1 is 1.44 bits per heavy atom. The zero-order chi connectivity index (χ0) is 19.6. The van der Waals surface area contributed by atoms with Gasteiger partial charge in [0.1, 0.15) is 5.52 Å². The first-order valence-electron chi connectivity index (χ1n) is 8.01. The smallest absolute Gasteiger partial charge is 0.275 e. The highest BCUT2D eigenvalue weighted by atomic mass is 79.9. The van der Waals surface area contributed by atoms with E-state index in [9.17, 15) is 4.79 Å². The number of hydrogen-bond acceptors (Lipinski definition) is 4. The van der Waals surface area contributed by atoms with Crippen LogP contribution in [0.15, 0.2) is 35.1 Å². The predicted octanol–water partition coefficient (Wildman–Crippen LogP) is 3.37. The highest BCUT2D eigenvalue weighted by Crippen LogP contribution is 2.29. The summed E-state index contributed by atoms with van der Waals surface area (Å²) in [6, 6.07) is 6.82. The average Bonchev–Trinajstić information content (AvgIpc) is 3.00. The molecular formula is C18H16BrClFN3O3. The van der Waals surface area contributed by atoms with Crippen molar-refractivity contribution >= 4 is 44.5 Å². The van der Waals surface area contributed by atoms with Gasteiger partial charge in [-0.05, 0) is 23.8 Å². The second kappa shape index (κ2) is 8.35. The van der Waals surface area contributed by atoms with Gasteiger partial charge in [0.2, 0.25) is 0 Å². The molecule has 0 spiro atoms. The molecule has 0 atom stereocenters. The van der Waals surface area contributed by atoms with Crippen molar-refractivity contribution in [3.63, 3.8) is 0 Å². The quantitative estimate of drug-likeness (QED) is 0.440. The van der Waals surface area contributed by atoms with Gasteiger partial charge in [0, 0.05) is 28.5 Å². The Hall–Kier alpha value is -2.00. The lowest BCUT2D eigenvalue weighted by Gasteiger charge is -2.13. The van der Waals surface area contributed by atoms with E-state index in [1.807, 2.05) is 0 Å². The van der Waals surface area contributed by atoms with Gasteiger partial charge in [-0.25, -0.2) is 14.9 Å². The third-order valence-electron chi connectivity index (χ3n) is 4.05. The molecule has 142 valence electrons. The molecule has 0 radical (unpaired) electrons. The molecule has 0 bridgehead atoms. The summed E-state index contributed by atoms with van der Waals surface area (Å²) in [4.78, 5) is 21.5. The minimum Gasteiger partial charge on any atom is -0.394 e. The Bertz CT molecular complexity index is 1010. The first-order valence-corrected chi connectivity index (χ1v) is 9.18. The van der Waals surface area contributed by atoms with Crippen LogP contribution in [0, 0.1) is 5.82 Å². The van der Waals surface area contributed by atoms with Crippen molar-refractivity contribution in [3.8, 4) is 0 Å². The van der Waals surface area contributed by atoms with Crippen molar-refractivity contribution < 1.29 is 19.1 Å². The van der Waals surface area contributed by atoms with Crippen LogP contribution in [0.1, 0.15) is 21.5 Å². The largest absolute Gasteiger partial charge is 0.394 e. The molecule has 2 aromatic carbocycles. The first-order chi connectivity index (χ1) is 12.9. The number of carbonyl (C=O) groups is 1. The van der Waals surface area contributed by atoms with Gasteiger partial charge in [0.15, 0.2) is 5.82 Å². The van der Waals surface area contributed by atoms with Crippen LogP contribution in [0.25, 0.3) is 11.0 Å². The maximum Gasteiger partial charge on any atom is 0.275 e. The van der Waals surface area contributed by atoms with Crippen LogP contribution in [0.3, 0.4) is 0 Å². The number of fused-ring (bicyclic) bond motifs is 1. The number of imidazole rings is 1. The van der Waals surface area contributed by atoms with Crippen LogP contribution in [0.4, 0.5) is 4.39 Å². The molecule has 27 heavy (non-hydrogen) atoms. The average molecular weight is 457 g/mol. The molecule has 0 fully saturated rings. The number of aliphatic hydroxyl groups is 1. The number of amides is 1. The van der Waals surface area contributed by atoms with Gasteiger partial charge in [0.25, 0.3) is 5.91 Å². The van der Waals surface area contributed by atoms with E-state index in [0.717, 1.165) is 4.47 Å². The van der Waals surface area contributed by atoms with E-state index in [0.29, 0.717) is 16.1 Å². The highest BCUT2D eigenvalue weighted by Gasteiger charge is 2.22. The molecule has 0 unspecified atom stereocenters. The number of benzene rings is 2. The van der Waals surface area contributed by atoms with Crippen molar-refractivity contribution in [2.75, 3.05) is 13.2 Å². The lowest BCUT2D eigenvalue weighted by molar-refractivity contribution is 0.0167. The summed E-state index contributed by atoms with van der Waals surface area (Å²) in [5, 5.41) is 9.23. The van der Waals surface area contributed by atoms with E-state index >= 15 is 4.39 Å². The van der Waals surface area contributed by atoms with Gasteiger partial charge < -0.3 is 9.67 Å². The van der Waals surface area contributed by atoms with E-state index in [4.69, 9.17) is 21.5 Å². The molecule has 9 heteroatoms. The summed E-state index contributed by atoms with van der Waals surface area (Å²) in [5.74, 6) is -1.20. The van der Waals surface area contributed by atoms with Gasteiger partial charge in [-0.2, -0.15) is 0 Å². The molecule has 1 heterocycles. The number of nitrogens with zero attached hydrogens (tertiary/aromatic N) is 2. The lowest BCUT2D eigenvalue weighted by Crippen LogP contribution is -2.26. The van der Waals surface area contributed by atoms with Crippen LogP contribution in [0.5, 0.6) is 0 Å². The fourth-order valence-electron chi connectivity index (χ4n) is 2.71. The summed E-state index contributed by atoms with van der Waals surface area (Å²) >= 11 is 9.60. The Morgan fingerprint density at radius 3 is 2.93 bits per heavy atom. The monoisotopic (exact) mass is 455 g/mol. The van der Waals surface area contributed by atoms with Crippen LogP contribution in [-0.2, 0) is 18.3 Å². The number of aryl methyl sites for hydroxylation is 1.